The number of aromatic nitrogens is 4. The molecule has 0 bridgehead atoms. The topological polar surface area (TPSA) is 86.5 Å². The van der Waals surface area contributed by atoms with Crippen molar-refractivity contribution in [2.75, 3.05) is 5.32 Å². The van der Waals surface area contributed by atoms with Crippen molar-refractivity contribution in [1.82, 2.24) is 20.4 Å². The average molecular weight is 219 g/mol. The van der Waals surface area contributed by atoms with Gasteiger partial charge >= 0.3 is 0 Å². The lowest BCUT2D eigenvalue weighted by Gasteiger charge is -1.97. The van der Waals surface area contributed by atoms with Gasteiger partial charge in [-0.3, -0.25) is 15.0 Å². The van der Waals surface area contributed by atoms with Crippen LogP contribution in [0, 0.1) is 0 Å². The molecule has 0 saturated heterocycles. The summed E-state index contributed by atoms with van der Waals surface area (Å²) in [7, 11) is 0. The van der Waals surface area contributed by atoms with E-state index in [4.69, 9.17) is 0 Å². The lowest BCUT2D eigenvalue weighted by Crippen LogP contribution is -2.12. The van der Waals surface area contributed by atoms with Gasteiger partial charge in [-0.2, -0.15) is 10.2 Å². The van der Waals surface area contributed by atoms with Crippen molar-refractivity contribution in [3.63, 3.8) is 0 Å². The van der Waals surface area contributed by atoms with Crippen molar-refractivity contribution in [2.45, 2.75) is 19.8 Å². The highest BCUT2D eigenvalue weighted by molar-refractivity contribution is 6.02. The second-order valence-electron chi connectivity index (χ2n) is 3.45. The van der Waals surface area contributed by atoms with Crippen LogP contribution < -0.4 is 5.32 Å². The lowest BCUT2D eigenvalue weighted by molar-refractivity contribution is 0.102. The molecule has 0 aliphatic heterocycles. The molecule has 6 nitrogen and oxygen atoms in total. The fraction of sp³-hybridized carbons (Fsp3) is 0.300. The maximum absolute atomic E-state index is 11.6. The van der Waals surface area contributed by atoms with Crippen LogP contribution in [-0.2, 0) is 6.42 Å². The van der Waals surface area contributed by atoms with E-state index in [9.17, 15) is 4.79 Å². The summed E-state index contributed by atoms with van der Waals surface area (Å²) in [5.74, 6) is 0.287. The van der Waals surface area contributed by atoms with Crippen LogP contribution in [0.1, 0.15) is 29.5 Å². The number of hydrogen-bond donors (Lipinski definition) is 3. The first-order chi connectivity index (χ1) is 7.79. The van der Waals surface area contributed by atoms with Crippen molar-refractivity contribution in [3.05, 3.63) is 29.7 Å². The van der Waals surface area contributed by atoms with Crippen LogP contribution >= 0.6 is 0 Å². The molecule has 0 saturated carbocycles. The van der Waals surface area contributed by atoms with E-state index in [1.165, 1.54) is 6.20 Å². The van der Waals surface area contributed by atoms with E-state index in [1.807, 2.05) is 6.07 Å². The number of nitrogens with one attached hydrogen (secondary N) is 3. The van der Waals surface area contributed by atoms with Gasteiger partial charge in [0.05, 0.1) is 0 Å². The Morgan fingerprint density at radius 2 is 2.38 bits per heavy atom. The summed E-state index contributed by atoms with van der Waals surface area (Å²) < 4.78 is 0. The van der Waals surface area contributed by atoms with Crippen molar-refractivity contribution in [1.29, 1.82) is 0 Å². The first-order valence-electron chi connectivity index (χ1n) is 5.14. The Hall–Kier alpha value is -2.11. The molecule has 2 rings (SSSR count). The molecule has 1 amide bonds. The highest BCUT2D eigenvalue weighted by atomic mass is 16.2. The molecule has 6 heteroatoms. The number of H-pyrrole nitrogens is 2. The van der Waals surface area contributed by atoms with Crippen LogP contribution in [0.5, 0.6) is 0 Å². The minimum atomic E-state index is -0.243. The monoisotopic (exact) mass is 219 g/mol. The van der Waals surface area contributed by atoms with Crippen molar-refractivity contribution in [3.8, 4) is 0 Å². The second-order valence-corrected chi connectivity index (χ2v) is 3.45. The van der Waals surface area contributed by atoms with E-state index in [0.717, 1.165) is 18.5 Å². The fourth-order valence-corrected chi connectivity index (χ4v) is 1.39. The number of aromatic amines is 2. The van der Waals surface area contributed by atoms with Gasteiger partial charge in [0, 0.05) is 18.0 Å². The molecule has 0 fully saturated rings. The molecule has 2 heterocycles. The predicted molar refractivity (Wildman–Crippen MR) is 59.1 cm³/mol. The first-order valence-corrected chi connectivity index (χ1v) is 5.14. The van der Waals surface area contributed by atoms with Gasteiger partial charge in [-0.1, -0.05) is 13.3 Å². The SMILES string of the molecule is CCCc1cc(NC(=O)c2ccn[nH]2)n[nH]1. The van der Waals surface area contributed by atoms with Gasteiger partial charge in [0.1, 0.15) is 5.69 Å². The summed E-state index contributed by atoms with van der Waals surface area (Å²) in [5.41, 5.74) is 1.43. The molecule has 0 aliphatic rings. The summed E-state index contributed by atoms with van der Waals surface area (Å²) in [6.45, 7) is 2.09. The molecular formula is C10H13N5O. The average Bonchev–Trinajstić information content (AvgIpc) is 2.89. The zero-order valence-electron chi connectivity index (χ0n) is 8.95. The molecular weight excluding hydrogens is 206 g/mol. The van der Waals surface area contributed by atoms with E-state index in [1.54, 1.807) is 6.07 Å². The van der Waals surface area contributed by atoms with Gasteiger partial charge in [-0.15, -0.1) is 0 Å². The minimum absolute atomic E-state index is 0.243. The molecule has 3 N–H and O–H groups in total. The molecule has 0 unspecified atom stereocenters. The molecule has 84 valence electrons. The Labute approximate surface area is 92.5 Å². The van der Waals surface area contributed by atoms with Crippen LogP contribution in [-0.4, -0.2) is 26.3 Å². The molecule has 0 spiro atoms. The molecule has 2 aromatic rings. The summed E-state index contributed by atoms with van der Waals surface area (Å²) in [6.07, 6.45) is 3.49. The first kappa shape index (κ1) is 10.4. The van der Waals surface area contributed by atoms with Gasteiger partial charge in [0.2, 0.25) is 0 Å². The number of amides is 1. The minimum Gasteiger partial charge on any atom is -0.304 e. The third-order valence-electron chi connectivity index (χ3n) is 2.14. The Balaban J connectivity index is 2.01. The Morgan fingerprint density at radius 3 is 3.06 bits per heavy atom. The van der Waals surface area contributed by atoms with E-state index in [2.05, 4.69) is 32.6 Å². The van der Waals surface area contributed by atoms with Gasteiger partial charge in [-0.25, -0.2) is 0 Å². The zero-order valence-corrected chi connectivity index (χ0v) is 8.95. The fourth-order valence-electron chi connectivity index (χ4n) is 1.39. The standard InChI is InChI=1S/C10H13N5O/c1-2-3-7-6-9(15-13-7)12-10(16)8-4-5-11-14-8/h4-6H,2-3H2,1H3,(H,11,14)(H2,12,13,15,16). The van der Waals surface area contributed by atoms with Crippen LogP contribution in [0.2, 0.25) is 0 Å². The second kappa shape index (κ2) is 4.61. The summed E-state index contributed by atoms with van der Waals surface area (Å²) in [5, 5.41) is 15.8. The molecule has 0 aromatic carbocycles. The van der Waals surface area contributed by atoms with Crippen molar-refractivity contribution >= 4 is 11.7 Å². The zero-order chi connectivity index (χ0) is 11.4. The summed E-state index contributed by atoms with van der Waals surface area (Å²) in [6, 6.07) is 3.44. The van der Waals surface area contributed by atoms with Gasteiger partial charge in [-0.05, 0) is 12.5 Å². The lowest BCUT2D eigenvalue weighted by atomic mass is 10.2. The number of anilines is 1. The van der Waals surface area contributed by atoms with E-state index < -0.39 is 0 Å². The number of aryl methyl sites for hydroxylation is 1. The van der Waals surface area contributed by atoms with Crippen molar-refractivity contribution in [2.24, 2.45) is 0 Å². The maximum Gasteiger partial charge on any atom is 0.274 e. The molecule has 0 aliphatic carbocycles. The quantitative estimate of drug-likeness (QED) is 0.725. The van der Waals surface area contributed by atoms with Gasteiger partial charge in [0.25, 0.3) is 5.91 Å². The smallest absolute Gasteiger partial charge is 0.274 e. The van der Waals surface area contributed by atoms with Crippen LogP contribution in [0.15, 0.2) is 18.3 Å². The van der Waals surface area contributed by atoms with Crippen LogP contribution in [0.25, 0.3) is 0 Å². The highest BCUT2D eigenvalue weighted by Crippen LogP contribution is 2.08. The third-order valence-corrected chi connectivity index (χ3v) is 2.14. The van der Waals surface area contributed by atoms with Gasteiger partial charge in [0.15, 0.2) is 5.82 Å². The number of nitrogens with zero attached hydrogens (tertiary/aromatic N) is 2. The molecule has 0 radical (unpaired) electrons. The number of rotatable bonds is 4. The Bertz CT molecular complexity index is 459. The Morgan fingerprint density at radius 1 is 1.50 bits per heavy atom. The maximum atomic E-state index is 11.6. The van der Waals surface area contributed by atoms with E-state index in [-0.39, 0.29) is 5.91 Å². The summed E-state index contributed by atoms with van der Waals surface area (Å²) in [4.78, 5) is 11.6. The molecule has 0 atom stereocenters. The normalized spacial score (nSPS) is 10.3. The van der Waals surface area contributed by atoms with E-state index >= 15 is 0 Å². The van der Waals surface area contributed by atoms with Gasteiger partial charge < -0.3 is 5.32 Å². The number of carbonyl (C=O) groups is 1. The molecule has 16 heavy (non-hydrogen) atoms. The highest BCUT2D eigenvalue weighted by Gasteiger charge is 2.08. The number of hydrogen-bond acceptors (Lipinski definition) is 3. The van der Waals surface area contributed by atoms with Crippen molar-refractivity contribution < 1.29 is 4.79 Å². The predicted octanol–water partition coefficient (Wildman–Crippen LogP) is 1.34. The summed E-state index contributed by atoms with van der Waals surface area (Å²) >= 11 is 0. The third kappa shape index (κ3) is 2.28. The number of carbonyl (C=O) groups excluding carboxylic acids is 1. The van der Waals surface area contributed by atoms with E-state index in [0.29, 0.717) is 11.5 Å². The largest absolute Gasteiger partial charge is 0.304 e. The van der Waals surface area contributed by atoms with Crippen LogP contribution in [0.4, 0.5) is 5.82 Å². The molecule has 2 aromatic heterocycles. The van der Waals surface area contributed by atoms with Crippen LogP contribution in [0.3, 0.4) is 0 Å². The Kier molecular flexibility index (Phi) is 3.00.